The van der Waals surface area contributed by atoms with Gasteiger partial charge in [0.15, 0.2) is 5.82 Å². The zero-order chi connectivity index (χ0) is 30.5. The Bertz CT molecular complexity index is 2460. The Kier molecular flexibility index (Phi) is 6.32. The average Bonchev–Trinajstić information content (AvgIpc) is 3.67. The highest BCUT2D eigenvalue weighted by atomic mass is 32.1. The summed E-state index contributed by atoms with van der Waals surface area (Å²) in [6.07, 6.45) is 0. The molecule has 0 fully saturated rings. The molecule has 0 aliphatic rings. The van der Waals surface area contributed by atoms with Crippen molar-refractivity contribution in [3.63, 3.8) is 0 Å². The van der Waals surface area contributed by atoms with Gasteiger partial charge in [0.25, 0.3) is 0 Å². The molecule has 9 rings (SSSR count). The third-order valence-corrected chi connectivity index (χ3v) is 9.80. The molecule has 0 radical (unpaired) electrons. The number of benzene rings is 6. The molecule has 0 spiro atoms. The summed E-state index contributed by atoms with van der Waals surface area (Å²) in [7, 11) is 0. The van der Waals surface area contributed by atoms with Crippen LogP contribution in [0.15, 0.2) is 164 Å². The Morgan fingerprint density at radius 2 is 1.02 bits per heavy atom. The maximum absolute atomic E-state index is 5.07. The SMILES string of the molecule is c1ccc(-c2cc(-c3ccccc3)nc(-c3cccc(-c4ccc5sc6c7ccccc7n(-c7ccccc7)c6c5c4)c3)n2)cc1. The summed E-state index contributed by atoms with van der Waals surface area (Å²) < 4.78 is 5.02. The minimum atomic E-state index is 0.713. The molecule has 6 aromatic carbocycles. The number of hydrogen-bond donors (Lipinski definition) is 0. The molecule has 216 valence electrons. The smallest absolute Gasteiger partial charge is 0.160 e. The van der Waals surface area contributed by atoms with Crippen molar-refractivity contribution in [3.8, 4) is 50.7 Å². The number of rotatable bonds is 5. The second kappa shape index (κ2) is 11.0. The molecule has 0 N–H and O–H groups in total. The minimum absolute atomic E-state index is 0.713. The molecule has 0 aliphatic carbocycles. The van der Waals surface area contributed by atoms with E-state index < -0.39 is 0 Å². The van der Waals surface area contributed by atoms with E-state index in [1.807, 2.05) is 23.5 Å². The van der Waals surface area contributed by atoms with Crippen LogP contribution in [0.3, 0.4) is 0 Å². The molecule has 0 unspecified atom stereocenters. The lowest BCUT2D eigenvalue weighted by molar-refractivity contribution is 1.18. The fourth-order valence-electron chi connectivity index (χ4n) is 6.42. The van der Waals surface area contributed by atoms with Gasteiger partial charge in [-0.15, -0.1) is 11.3 Å². The average molecular weight is 606 g/mol. The number of nitrogens with zero attached hydrogens (tertiary/aromatic N) is 3. The van der Waals surface area contributed by atoms with Crippen molar-refractivity contribution in [3.05, 3.63) is 164 Å². The Morgan fingerprint density at radius 1 is 0.435 bits per heavy atom. The lowest BCUT2D eigenvalue weighted by atomic mass is 10.0. The highest BCUT2D eigenvalue weighted by molar-refractivity contribution is 7.26. The van der Waals surface area contributed by atoms with E-state index in [2.05, 4.69) is 156 Å². The molecular weight excluding hydrogens is 579 g/mol. The minimum Gasteiger partial charge on any atom is -0.308 e. The van der Waals surface area contributed by atoms with Gasteiger partial charge in [0.2, 0.25) is 0 Å². The van der Waals surface area contributed by atoms with Crippen molar-refractivity contribution in [1.29, 1.82) is 0 Å². The van der Waals surface area contributed by atoms with Crippen LogP contribution in [0.5, 0.6) is 0 Å². The Balaban J connectivity index is 1.21. The van der Waals surface area contributed by atoms with Crippen molar-refractivity contribution in [1.82, 2.24) is 14.5 Å². The Morgan fingerprint density at radius 3 is 1.74 bits per heavy atom. The van der Waals surface area contributed by atoms with Gasteiger partial charge in [-0.2, -0.15) is 0 Å². The third kappa shape index (κ3) is 4.50. The second-order valence-electron chi connectivity index (χ2n) is 11.5. The first-order valence-corrected chi connectivity index (χ1v) is 16.2. The van der Waals surface area contributed by atoms with Crippen molar-refractivity contribution in [2.45, 2.75) is 0 Å². The number of thiophene rings is 1. The van der Waals surface area contributed by atoms with Gasteiger partial charge in [0.1, 0.15) is 0 Å². The van der Waals surface area contributed by atoms with Crippen LogP contribution in [0.1, 0.15) is 0 Å². The van der Waals surface area contributed by atoms with Gasteiger partial charge < -0.3 is 4.57 Å². The maximum Gasteiger partial charge on any atom is 0.160 e. The van der Waals surface area contributed by atoms with E-state index in [9.17, 15) is 0 Å². The molecule has 4 heteroatoms. The first kappa shape index (κ1) is 26.6. The molecule has 9 aromatic rings. The molecule has 46 heavy (non-hydrogen) atoms. The van der Waals surface area contributed by atoms with Gasteiger partial charge in [0.05, 0.1) is 27.1 Å². The number of para-hydroxylation sites is 2. The molecule has 0 bridgehead atoms. The molecule has 3 aromatic heterocycles. The first-order valence-electron chi connectivity index (χ1n) is 15.4. The third-order valence-electron chi connectivity index (χ3n) is 8.61. The summed E-state index contributed by atoms with van der Waals surface area (Å²) in [5.41, 5.74) is 10.9. The van der Waals surface area contributed by atoms with E-state index in [4.69, 9.17) is 9.97 Å². The van der Waals surface area contributed by atoms with Crippen LogP contribution in [-0.4, -0.2) is 14.5 Å². The summed E-state index contributed by atoms with van der Waals surface area (Å²) in [4.78, 5) is 10.1. The number of hydrogen-bond acceptors (Lipinski definition) is 3. The zero-order valence-electron chi connectivity index (χ0n) is 24.8. The van der Waals surface area contributed by atoms with Gasteiger partial charge in [-0.3, -0.25) is 0 Å². The molecule has 3 nitrogen and oxygen atoms in total. The lowest BCUT2D eigenvalue weighted by Gasteiger charge is -2.11. The normalized spacial score (nSPS) is 11.5. The molecule has 3 heterocycles. The quantitative estimate of drug-likeness (QED) is 0.195. The lowest BCUT2D eigenvalue weighted by Crippen LogP contribution is -1.96. The van der Waals surface area contributed by atoms with E-state index in [1.165, 1.54) is 42.5 Å². The molecule has 0 aliphatic heterocycles. The highest BCUT2D eigenvalue weighted by Gasteiger charge is 2.18. The first-order chi connectivity index (χ1) is 22.8. The van der Waals surface area contributed by atoms with Crippen molar-refractivity contribution in [2.75, 3.05) is 0 Å². The van der Waals surface area contributed by atoms with Crippen LogP contribution in [0.2, 0.25) is 0 Å². The summed E-state index contributed by atoms with van der Waals surface area (Å²) in [6, 6.07) is 57.6. The van der Waals surface area contributed by atoms with Crippen LogP contribution in [0, 0.1) is 0 Å². The highest BCUT2D eigenvalue weighted by Crippen LogP contribution is 2.43. The number of fused-ring (bicyclic) bond motifs is 5. The topological polar surface area (TPSA) is 30.7 Å². The van der Waals surface area contributed by atoms with E-state index in [1.54, 1.807) is 0 Å². The maximum atomic E-state index is 5.07. The summed E-state index contributed by atoms with van der Waals surface area (Å²) in [6.45, 7) is 0. The van der Waals surface area contributed by atoms with Crippen molar-refractivity contribution < 1.29 is 0 Å². The van der Waals surface area contributed by atoms with Crippen LogP contribution in [0.25, 0.3) is 81.9 Å². The summed E-state index contributed by atoms with van der Waals surface area (Å²) in [5.74, 6) is 0.713. The molecule has 0 saturated carbocycles. The largest absolute Gasteiger partial charge is 0.308 e. The van der Waals surface area contributed by atoms with E-state index in [-0.39, 0.29) is 0 Å². The van der Waals surface area contributed by atoms with Gasteiger partial charge in [-0.25, -0.2) is 9.97 Å². The predicted octanol–water partition coefficient (Wildman–Crippen LogP) is 11.5. The van der Waals surface area contributed by atoms with Gasteiger partial charge in [0, 0.05) is 37.9 Å². The standard InChI is InChI=1S/C42H27N3S/c1-4-13-28(14-5-1)36-27-37(29-15-6-2-7-16-29)44-42(43-36)32-18-12-17-30(25-32)31-23-24-39-35(26-31)40-41(46-39)34-21-10-11-22-38(34)45(40)33-19-8-3-9-20-33/h1-27H. The van der Waals surface area contributed by atoms with Crippen LogP contribution >= 0.6 is 11.3 Å². The van der Waals surface area contributed by atoms with E-state index >= 15 is 0 Å². The van der Waals surface area contributed by atoms with Gasteiger partial charge in [-0.05, 0) is 53.6 Å². The predicted molar refractivity (Wildman–Crippen MR) is 193 cm³/mol. The van der Waals surface area contributed by atoms with Crippen LogP contribution in [0.4, 0.5) is 0 Å². The molecule has 0 saturated heterocycles. The molecule has 0 amide bonds. The molecular formula is C42H27N3S. The molecule has 0 atom stereocenters. The zero-order valence-corrected chi connectivity index (χ0v) is 25.7. The Labute approximate surface area is 270 Å². The monoisotopic (exact) mass is 605 g/mol. The van der Waals surface area contributed by atoms with Crippen LogP contribution in [-0.2, 0) is 0 Å². The number of aromatic nitrogens is 3. The van der Waals surface area contributed by atoms with Crippen molar-refractivity contribution in [2.24, 2.45) is 0 Å². The van der Waals surface area contributed by atoms with Gasteiger partial charge in [-0.1, -0.05) is 121 Å². The Hall–Kier alpha value is -5.84. The second-order valence-corrected chi connectivity index (χ2v) is 12.5. The fraction of sp³-hybridized carbons (Fsp3) is 0. The summed E-state index contributed by atoms with van der Waals surface area (Å²) >= 11 is 1.87. The van der Waals surface area contributed by atoms with Crippen LogP contribution < -0.4 is 0 Å². The van der Waals surface area contributed by atoms with E-state index in [0.29, 0.717) is 5.82 Å². The van der Waals surface area contributed by atoms with E-state index in [0.717, 1.165) is 33.6 Å². The fourth-order valence-corrected chi connectivity index (χ4v) is 7.62. The summed E-state index contributed by atoms with van der Waals surface area (Å²) in [5, 5.41) is 2.55. The van der Waals surface area contributed by atoms with Crippen molar-refractivity contribution >= 4 is 42.5 Å². The van der Waals surface area contributed by atoms with Gasteiger partial charge >= 0.3 is 0 Å².